The second-order valence-corrected chi connectivity index (χ2v) is 5.55. The molecule has 1 heterocycles. The van der Waals surface area contributed by atoms with E-state index in [1.807, 2.05) is 27.7 Å². The van der Waals surface area contributed by atoms with Gasteiger partial charge in [-0.3, -0.25) is 4.79 Å². The monoisotopic (exact) mass is 240 g/mol. The highest BCUT2D eigenvalue weighted by Crippen LogP contribution is 2.29. The van der Waals surface area contributed by atoms with Crippen LogP contribution in [-0.2, 0) is 5.41 Å². The van der Waals surface area contributed by atoms with Gasteiger partial charge in [-0.05, 0) is 19.1 Å². The number of hydrogen-bond acceptors (Lipinski definition) is 4. The molecule has 0 aromatic carbocycles. The third-order valence-corrected chi connectivity index (χ3v) is 2.84. The maximum atomic E-state index is 11.6. The zero-order valence-electron chi connectivity index (χ0n) is 9.12. The molecule has 0 fully saturated rings. The summed E-state index contributed by atoms with van der Waals surface area (Å²) in [6.45, 7) is 7.91. The van der Waals surface area contributed by atoms with Crippen LogP contribution >= 0.6 is 23.6 Å². The van der Waals surface area contributed by atoms with Crippen molar-refractivity contribution in [1.29, 1.82) is 0 Å². The number of rotatable bonds is 1. The van der Waals surface area contributed by atoms with Crippen molar-refractivity contribution in [3.05, 3.63) is 15.6 Å². The smallest absolute Gasteiger partial charge is 0.265 e. The van der Waals surface area contributed by atoms with E-state index in [2.05, 4.69) is 27.4 Å². The van der Waals surface area contributed by atoms with Crippen LogP contribution in [0.4, 0.5) is 0 Å². The molecule has 0 N–H and O–H groups in total. The first-order valence-corrected chi connectivity index (χ1v) is 5.69. The molecule has 5 heteroatoms. The highest BCUT2D eigenvalue weighted by molar-refractivity contribution is 7.78. The van der Waals surface area contributed by atoms with Crippen molar-refractivity contribution < 1.29 is 4.79 Å². The van der Waals surface area contributed by atoms with Crippen molar-refractivity contribution in [2.75, 3.05) is 0 Å². The van der Waals surface area contributed by atoms with Gasteiger partial charge in [0.15, 0.2) is 0 Å². The molecule has 0 saturated heterocycles. The van der Waals surface area contributed by atoms with Gasteiger partial charge in [0.25, 0.3) is 5.91 Å². The van der Waals surface area contributed by atoms with Crippen LogP contribution in [0.5, 0.6) is 0 Å². The number of isothiocyanates is 1. The molecule has 3 nitrogen and oxygen atoms in total. The fraction of sp³-hybridized carbons (Fsp3) is 0.500. The summed E-state index contributed by atoms with van der Waals surface area (Å²) in [5.74, 6) is -0.347. The first kappa shape index (κ1) is 12.2. The highest BCUT2D eigenvalue weighted by Gasteiger charge is 2.25. The Morgan fingerprint density at radius 3 is 2.60 bits per heavy atom. The van der Waals surface area contributed by atoms with E-state index in [0.717, 1.165) is 10.7 Å². The summed E-state index contributed by atoms with van der Waals surface area (Å²) < 4.78 is 0. The summed E-state index contributed by atoms with van der Waals surface area (Å²) in [5, 5.41) is 2.96. The normalized spacial score (nSPS) is 10.9. The Morgan fingerprint density at radius 2 is 2.13 bits per heavy atom. The van der Waals surface area contributed by atoms with E-state index in [-0.39, 0.29) is 11.3 Å². The molecule has 0 unspecified atom stereocenters. The van der Waals surface area contributed by atoms with Gasteiger partial charge in [-0.1, -0.05) is 20.8 Å². The molecule has 1 amide bonds. The number of nitrogens with zero attached hydrogens (tertiary/aromatic N) is 2. The van der Waals surface area contributed by atoms with Gasteiger partial charge in [0.1, 0.15) is 4.88 Å². The van der Waals surface area contributed by atoms with E-state index in [9.17, 15) is 4.79 Å². The number of thiazole rings is 1. The summed E-state index contributed by atoms with van der Waals surface area (Å²) in [5.41, 5.74) is 0.621. The van der Waals surface area contributed by atoms with Crippen LogP contribution in [0.2, 0.25) is 0 Å². The molecule has 1 rings (SSSR count). The number of carbonyl (C=O) groups is 1. The Hall–Kier alpha value is -0.900. The fourth-order valence-corrected chi connectivity index (χ4v) is 2.27. The molecule has 0 saturated carbocycles. The average Bonchev–Trinajstić information content (AvgIpc) is 2.47. The van der Waals surface area contributed by atoms with Crippen LogP contribution in [0, 0.1) is 6.92 Å². The van der Waals surface area contributed by atoms with Crippen LogP contribution < -0.4 is 0 Å². The van der Waals surface area contributed by atoms with Crippen LogP contribution in [0.25, 0.3) is 0 Å². The van der Waals surface area contributed by atoms with Crippen molar-refractivity contribution in [2.45, 2.75) is 33.1 Å². The molecular formula is C10H12N2OS2. The molecule has 0 bridgehead atoms. The Kier molecular flexibility index (Phi) is 3.50. The van der Waals surface area contributed by atoms with E-state index in [1.54, 1.807) is 0 Å². The maximum absolute atomic E-state index is 11.6. The summed E-state index contributed by atoms with van der Waals surface area (Å²) in [6, 6.07) is 0. The predicted octanol–water partition coefficient (Wildman–Crippen LogP) is 2.99. The first-order valence-electron chi connectivity index (χ1n) is 4.46. The lowest BCUT2D eigenvalue weighted by Gasteiger charge is -2.16. The standard InChI is InChI=1S/C10H12N2OS2/c1-6-12-8(10(2,3)4)7(15-6)9(13)11-5-14/h1-4H3. The van der Waals surface area contributed by atoms with Gasteiger partial charge < -0.3 is 0 Å². The topological polar surface area (TPSA) is 42.3 Å². The van der Waals surface area contributed by atoms with Crippen molar-refractivity contribution in [3.63, 3.8) is 0 Å². The largest absolute Gasteiger partial charge is 0.297 e. The maximum Gasteiger partial charge on any atom is 0.297 e. The molecule has 80 valence electrons. The fourth-order valence-electron chi connectivity index (χ4n) is 1.17. The first-order chi connectivity index (χ1) is 6.86. The van der Waals surface area contributed by atoms with Crippen LogP contribution in [0.1, 0.15) is 41.1 Å². The molecule has 1 aromatic heterocycles. The summed E-state index contributed by atoms with van der Waals surface area (Å²) >= 11 is 5.77. The van der Waals surface area contributed by atoms with Gasteiger partial charge >= 0.3 is 0 Å². The third-order valence-electron chi connectivity index (χ3n) is 1.79. The SMILES string of the molecule is Cc1nc(C(C)(C)C)c(C(=O)N=C=S)s1. The minimum absolute atomic E-state index is 0.160. The quantitative estimate of drug-likeness (QED) is 0.560. The molecule has 0 aliphatic carbocycles. The molecular weight excluding hydrogens is 228 g/mol. The van der Waals surface area contributed by atoms with Crippen LogP contribution in [-0.4, -0.2) is 16.1 Å². The van der Waals surface area contributed by atoms with Crippen molar-refractivity contribution in [3.8, 4) is 0 Å². The molecule has 1 aromatic rings. The number of aliphatic imine (C=N–C) groups is 1. The molecule has 0 spiro atoms. The van der Waals surface area contributed by atoms with Crippen molar-refractivity contribution in [1.82, 2.24) is 4.98 Å². The number of hydrogen-bond donors (Lipinski definition) is 0. The number of carbonyl (C=O) groups excluding carboxylic acids is 1. The van der Waals surface area contributed by atoms with E-state index < -0.39 is 0 Å². The van der Waals surface area contributed by atoms with Gasteiger partial charge in [0.05, 0.1) is 15.9 Å². The zero-order valence-corrected chi connectivity index (χ0v) is 10.8. The van der Waals surface area contributed by atoms with Crippen molar-refractivity contribution >= 4 is 34.6 Å². The molecule has 15 heavy (non-hydrogen) atoms. The van der Waals surface area contributed by atoms with E-state index in [0.29, 0.717) is 4.88 Å². The van der Waals surface area contributed by atoms with Gasteiger partial charge in [0.2, 0.25) is 0 Å². The minimum atomic E-state index is -0.347. The van der Waals surface area contributed by atoms with Crippen molar-refractivity contribution in [2.24, 2.45) is 4.99 Å². The second kappa shape index (κ2) is 4.31. The average molecular weight is 240 g/mol. The number of aromatic nitrogens is 1. The van der Waals surface area contributed by atoms with E-state index >= 15 is 0 Å². The summed E-state index contributed by atoms with van der Waals surface area (Å²) in [7, 11) is 0. The lowest BCUT2D eigenvalue weighted by Crippen LogP contribution is -2.15. The predicted molar refractivity (Wildman–Crippen MR) is 64.9 cm³/mol. The van der Waals surface area contributed by atoms with Gasteiger partial charge in [-0.2, -0.15) is 4.99 Å². The lowest BCUT2D eigenvalue weighted by molar-refractivity contribution is 0.101. The summed E-state index contributed by atoms with van der Waals surface area (Å²) in [6.07, 6.45) is 0. The Balaban J connectivity index is 3.29. The van der Waals surface area contributed by atoms with Crippen LogP contribution in [0.15, 0.2) is 4.99 Å². The van der Waals surface area contributed by atoms with Gasteiger partial charge in [0, 0.05) is 5.41 Å². The highest BCUT2D eigenvalue weighted by atomic mass is 32.1. The zero-order chi connectivity index (χ0) is 11.6. The number of thiocarbonyl (C=S) groups is 1. The van der Waals surface area contributed by atoms with Gasteiger partial charge in [-0.25, -0.2) is 4.98 Å². The Labute approximate surface area is 98.3 Å². The Bertz CT molecular complexity index is 437. The molecule has 0 radical (unpaired) electrons. The molecule has 0 aliphatic rings. The minimum Gasteiger partial charge on any atom is -0.265 e. The molecule has 0 aliphatic heterocycles. The van der Waals surface area contributed by atoms with Gasteiger partial charge in [-0.15, -0.1) is 11.3 Å². The third kappa shape index (κ3) is 2.78. The van der Waals surface area contributed by atoms with Crippen LogP contribution in [0.3, 0.4) is 0 Å². The van der Waals surface area contributed by atoms with E-state index in [1.165, 1.54) is 11.3 Å². The summed E-state index contributed by atoms with van der Waals surface area (Å²) in [4.78, 5) is 20.0. The Morgan fingerprint density at radius 1 is 1.53 bits per heavy atom. The number of amides is 1. The van der Waals surface area contributed by atoms with E-state index in [4.69, 9.17) is 0 Å². The number of aryl methyl sites for hydroxylation is 1. The molecule has 0 atom stereocenters. The second-order valence-electron chi connectivity index (χ2n) is 4.17. The lowest BCUT2D eigenvalue weighted by atomic mass is 9.91.